The number of fused-ring (bicyclic) bond motifs is 3. The van der Waals surface area contributed by atoms with Crippen LogP contribution in [-0.2, 0) is 0 Å². The van der Waals surface area contributed by atoms with Gasteiger partial charge in [0.2, 0.25) is 5.75 Å². The predicted molar refractivity (Wildman–Crippen MR) is 108 cm³/mol. The van der Waals surface area contributed by atoms with Crippen molar-refractivity contribution >= 4 is 40.5 Å². The van der Waals surface area contributed by atoms with Crippen LogP contribution in [0.5, 0.6) is 17.2 Å². The van der Waals surface area contributed by atoms with Gasteiger partial charge in [-0.2, -0.15) is 0 Å². The average molecular weight is 387 g/mol. The van der Waals surface area contributed by atoms with Crippen molar-refractivity contribution < 1.29 is 14.2 Å². The summed E-state index contributed by atoms with van der Waals surface area (Å²) in [5, 5.41) is 1.00. The van der Waals surface area contributed by atoms with E-state index in [1.54, 1.807) is 27.5 Å². The van der Waals surface area contributed by atoms with Crippen molar-refractivity contribution in [3.63, 3.8) is 0 Å². The van der Waals surface area contributed by atoms with Crippen LogP contribution in [0, 0.1) is 0 Å². The zero-order chi connectivity index (χ0) is 18.1. The number of hydrogen-bond acceptors (Lipinski definition) is 7. The van der Waals surface area contributed by atoms with E-state index in [0.717, 1.165) is 27.8 Å². The molecule has 0 saturated heterocycles. The molecule has 0 fully saturated rings. The van der Waals surface area contributed by atoms with E-state index < -0.39 is 0 Å². The molecule has 3 aromatic rings. The molecule has 1 aliphatic heterocycles. The maximum atomic E-state index is 5.42. The molecule has 0 bridgehead atoms. The normalized spacial score (nSPS) is 12.0. The average Bonchev–Trinajstić information content (AvgIpc) is 2.71. The molecule has 0 amide bonds. The van der Waals surface area contributed by atoms with E-state index in [2.05, 4.69) is 15.8 Å². The highest BCUT2D eigenvalue weighted by Gasteiger charge is 2.19. The van der Waals surface area contributed by atoms with Crippen molar-refractivity contribution in [2.24, 2.45) is 4.99 Å². The Kier molecular flexibility index (Phi) is 5.23. The maximum Gasteiger partial charge on any atom is 0.203 e. The minimum absolute atomic E-state index is 0. The molecule has 0 atom stereocenters. The number of nitrogens with one attached hydrogen (secondary N) is 2. The highest BCUT2D eigenvalue weighted by Crippen LogP contribution is 2.39. The fourth-order valence-corrected chi connectivity index (χ4v) is 2.97. The molecule has 27 heavy (non-hydrogen) atoms. The van der Waals surface area contributed by atoms with Gasteiger partial charge in [0.05, 0.1) is 38.7 Å². The lowest BCUT2D eigenvalue weighted by molar-refractivity contribution is 0.324. The van der Waals surface area contributed by atoms with Crippen LogP contribution in [0.3, 0.4) is 0 Å². The summed E-state index contributed by atoms with van der Waals surface area (Å²) in [6.07, 6.45) is 1.75. The van der Waals surface area contributed by atoms with Gasteiger partial charge in [-0.05, 0) is 18.2 Å². The van der Waals surface area contributed by atoms with Crippen LogP contribution in [0.15, 0.2) is 47.6 Å². The molecular formula is C19H19ClN4O3. The molecule has 2 aromatic carbocycles. The molecule has 140 valence electrons. The third kappa shape index (κ3) is 3.17. The van der Waals surface area contributed by atoms with Crippen molar-refractivity contribution in [2.45, 2.75) is 0 Å². The first-order valence-electron chi connectivity index (χ1n) is 8.04. The molecule has 1 aliphatic rings. The molecule has 0 spiro atoms. The summed E-state index contributed by atoms with van der Waals surface area (Å²) in [7, 11) is 4.74. The molecule has 0 radical (unpaired) electrons. The smallest absolute Gasteiger partial charge is 0.203 e. The summed E-state index contributed by atoms with van der Waals surface area (Å²) < 4.78 is 16.2. The Bertz CT molecular complexity index is 998. The van der Waals surface area contributed by atoms with Gasteiger partial charge in [0.15, 0.2) is 17.3 Å². The Hall–Kier alpha value is -3.19. The largest absolute Gasteiger partial charge is 0.493 e. The lowest BCUT2D eigenvalue weighted by Gasteiger charge is -2.22. The van der Waals surface area contributed by atoms with Gasteiger partial charge in [-0.1, -0.05) is 18.2 Å². The van der Waals surface area contributed by atoms with Crippen molar-refractivity contribution in [3.8, 4) is 17.2 Å². The third-order valence-electron chi connectivity index (χ3n) is 4.23. The second-order valence-corrected chi connectivity index (χ2v) is 5.66. The lowest BCUT2D eigenvalue weighted by atomic mass is 10.1. The second kappa shape index (κ2) is 7.59. The Labute approximate surface area is 162 Å². The van der Waals surface area contributed by atoms with Crippen molar-refractivity contribution in [1.29, 1.82) is 0 Å². The molecule has 4 rings (SSSR count). The SMILES string of the molecule is COc1cc(C2=Nc3cnc4ccccc4c3NN2)cc(OC)c1OC.Cl. The number of halogens is 1. The minimum atomic E-state index is 0. The van der Waals surface area contributed by atoms with E-state index in [0.29, 0.717) is 23.1 Å². The van der Waals surface area contributed by atoms with Gasteiger partial charge in [0, 0.05) is 10.9 Å². The second-order valence-electron chi connectivity index (χ2n) is 5.66. The summed E-state index contributed by atoms with van der Waals surface area (Å²) in [5.74, 6) is 2.30. The molecule has 1 aromatic heterocycles. The van der Waals surface area contributed by atoms with Crippen LogP contribution < -0.4 is 25.1 Å². The van der Waals surface area contributed by atoms with Crippen LogP contribution in [-0.4, -0.2) is 32.1 Å². The van der Waals surface area contributed by atoms with Crippen LogP contribution in [0.2, 0.25) is 0 Å². The van der Waals surface area contributed by atoms with E-state index in [4.69, 9.17) is 19.2 Å². The molecule has 2 N–H and O–H groups in total. The Balaban J connectivity index is 0.00000210. The van der Waals surface area contributed by atoms with Gasteiger partial charge in [-0.3, -0.25) is 15.8 Å². The highest BCUT2D eigenvalue weighted by atomic mass is 35.5. The van der Waals surface area contributed by atoms with Crippen LogP contribution in [0.1, 0.15) is 5.56 Å². The first-order valence-corrected chi connectivity index (χ1v) is 8.04. The summed E-state index contributed by atoms with van der Waals surface area (Å²) in [5.41, 5.74) is 9.73. The number of ether oxygens (including phenoxy) is 3. The van der Waals surface area contributed by atoms with Crippen LogP contribution >= 0.6 is 12.4 Å². The molecule has 0 saturated carbocycles. The number of nitrogens with zero attached hydrogens (tertiary/aromatic N) is 2. The zero-order valence-corrected chi connectivity index (χ0v) is 15.9. The lowest BCUT2D eigenvalue weighted by Crippen LogP contribution is -2.32. The number of anilines is 1. The van der Waals surface area contributed by atoms with Gasteiger partial charge in [-0.25, -0.2) is 4.99 Å². The number of aromatic nitrogens is 1. The standard InChI is InChI=1S/C19H18N4O3.ClH/c1-24-15-8-11(9-16(25-2)18(15)26-3)19-21-14-10-20-13-7-5-4-6-12(13)17(14)22-23-19;/h4-10,22H,1-3H3,(H,21,23);1H. The van der Waals surface area contributed by atoms with E-state index >= 15 is 0 Å². The summed E-state index contributed by atoms with van der Waals surface area (Å²) in [4.78, 5) is 9.17. The Morgan fingerprint density at radius 3 is 2.26 bits per heavy atom. The van der Waals surface area contributed by atoms with Gasteiger partial charge in [-0.15, -0.1) is 12.4 Å². The van der Waals surface area contributed by atoms with Crippen molar-refractivity contribution in [2.75, 3.05) is 26.8 Å². The van der Waals surface area contributed by atoms with E-state index in [1.807, 2.05) is 36.4 Å². The molecule has 0 unspecified atom stereocenters. The number of amidine groups is 1. The van der Waals surface area contributed by atoms with Crippen LogP contribution in [0.4, 0.5) is 11.4 Å². The van der Waals surface area contributed by atoms with Crippen LogP contribution in [0.25, 0.3) is 10.9 Å². The quantitative estimate of drug-likeness (QED) is 0.712. The highest BCUT2D eigenvalue weighted by molar-refractivity contribution is 6.07. The van der Waals surface area contributed by atoms with Crippen molar-refractivity contribution in [3.05, 3.63) is 48.2 Å². The minimum Gasteiger partial charge on any atom is -0.493 e. The Morgan fingerprint density at radius 2 is 1.59 bits per heavy atom. The van der Waals surface area contributed by atoms with E-state index in [1.165, 1.54) is 0 Å². The third-order valence-corrected chi connectivity index (χ3v) is 4.23. The number of pyridine rings is 1. The molecule has 8 heteroatoms. The number of aliphatic imine (C=N–C) groups is 1. The fraction of sp³-hybridized carbons (Fsp3) is 0.158. The van der Waals surface area contributed by atoms with Gasteiger partial charge >= 0.3 is 0 Å². The summed E-state index contributed by atoms with van der Waals surface area (Å²) in [6, 6.07) is 11.6. The first kappa shape index (κ1) is 18.6. The van der Waals surface area contributed by atoms with Crippen molar-refractivity contribution in [1.82, 2.24) is 10.4 Å². The van der Waals surface area contributed by atoms with Gasteiger partial charge in [0.25, 0.3) is 0 Å². The first-order chi connectivity index (χ1) is 12.7. The number of benzene rings is 2. The molecule has 7 nitrogen and oxygen atoms in total. The van der Waals surface area contributed by atoms with Gasteiger partial charge < -0.3 is 14.2 Å². The number of para-hydroxylation sites is 1. The van der Waals surface area contributed by atoms with E-state index in [9.17, 15) is 0 Å². The molecule has 0 aliphatic carbocycles. The molecule has 2 heterocycles. The van der Waals surface area contributed by atoms with Gasteiger partial charge in [0.1, 0.15) is 5.69 Å². The number of methoxy groups -OCH3 is 3. The summed E-state index contributed by atoms with van der Waals surface area (Å²) >= 11 is 0. The number of rotatable bonds is 4. The Morgan fingerprint density at radius 1 is 0.889 bits per heavy atom. The maximum absolute atomic E-state index is 5.42. The zero-order valence-electron chi connectivity index (χ0n) is 15.1. The summed E-state index contributed by atoms with van der Waals surface area (Å²) in [6.45, 7) is 0. The molecular weight excluding hydrogens is 368 g/mol. The monoisotopic (exact) mass is 386 g/mol. The number of hydrogen-bond donors (Lipinski definition) is 2. The van der Waals surface area contributed by atoms with E-state index in [-0.39, 0.29) is 12.4 Å². The predicted octanol–water partition coefficient (Wildman–Crippen LogP) is 3.69. The number of hydrazine groups is 1. The topological polar surface area (TPSA) is 77.0 Å². The fourth-order valence-electron chi connectivity index (χ4n) is 2.97.